The topological polar surface area (TPSA) is 17.1 Å². The lowest BCUT2D eigenvalue weighted by Gasteiger charge is -2.09. The molecule has 0 atom stereocenters. The number of benzene rings is 3. The van der Waals surface area contributed by atoms with Gasteiger partial charge in [-0.1, -0.05) is 51.8 Å². The fourth-order valence-corrected chi connectivity index (χ4v) is 3.42. The second kappa shape index (κ2) is 6.07. The number of hydrogen-bond donors (Lipinski definition) is 0. The number of carbonyl (C=O) groups is 1. The van der Waals surface area contributed by atoms with E-state index in [9.17, 15) is 4.79 Å². The number of ketones is 1. The van der Waals surface area contributed by atoms with E-state index in [1.807, 2.05) is 42.5 Å². The maximum atomic E-state index is 12.9. The van der Waals surface area contributed by atoms with Gasteiger partial charge >= 0.3 is 0 Å². The van der Waals surface area contributed by atoms with Crippen molar-refractivity contribution in [3.8, 4) is 0 Å². The van der Waals surface area contributed by atoms with Gasteiger partial charge in [0.15, 0.2) is 5.78 Å². The van der Waals surface area contributed by atoms with Gasteiger partial charge in [0.2, 0.25) is 0 Å². The highest BCUT2D eigenvalue weighted by Crippen LogP contribution is 2.30. The Hall–Kier alpha value is -0.910. The van der Waals surface area contributed by atoms with E-state index >= 15 is 0 Å². The van der Waals surface area contributed by atoms with Crippen LogP contribution in [0.25, 0.3) is 10.8 Å². The van der Waals surface area contributed by atoms with Crippen molar-refractivity contribution in [1.29, 1.82) is 0 Å². The number of rotatable bonds is 2. The van der Waals surface area contributed by atoms with Gasteiger partial charge in [-0.15, -0.1) is 0 Å². The normalized spacial score (nSPS) is 10.8. The maximum absolute atomic E-state index is 12.9. The maximum Gasteiger partial charge on any atom is 0.194 e. The van der Waals surface area contributed by atoms with Crippen molar-refractivity contribution >= 4 is 66.7 Å². The summed E-state index contributed by atoms with van der Waals surface area (Å²) in [6, 6.07) is 17.0. The third kappa shape index (κ3) is 2.87. The molecule has 21 heavy (non-hydrogen) atoms. The first-order valence-electron chi connectivity index (χ1n) is 6.25. The van der Waals surface area contributed by atoms with Crippen LogP contribution >= 0.6 is 50.1 Å². The van der Waals surface area contributed by atoms with Crippen LogP contribution in [0.15, 0.2) is 59.1 Å². The molecule has 0 unspecified atom stereocenters. The van der Waals surface area contributed by atoms with E-state index in [1.54, 1.807) is 12.1 Å². The smallest absolute Gasteiger partial charge is 0.194 e. The molecule has 0 amide bonds. The molecule has 0 bridgehead atoms. The van der Waals surface area contributed by atoms with Crippen LogP contribution in [0.2, 0.25) is 5.02 Å². The summed E-state index contributed by atoms with van der Waals surface area (Å²) in [5.74, 6) is -0.00624. The van der Waals surface area contributed by atoms with Crippen LogP contribution in [0.5, 0.6) is 0 Å². The first kappa shape index (κ1) is 15.0. The van der Waals surface area contributed by atoms with Gasteiger partial charge in [-0.2, -0.15) is 0 Å². The Morgan fingerprint density at radius 2 is 1.67 bits per heavy atom. The number of halogens is 3. The van der Waals surface area contributed by atoms with Crippen molar-refractivity contribution in [1.82, 2.24) is 0 Å². The van der Waals surface area contributed by atoms with Gasteiger partial charge in [0, 0.05) is 29.6 Å². The molecule has 104 valence electrons. The second-order valence-corrected chi connectivity index (χ2v) is 7.10. The van der Waals surface area contributed by atoms with Gasteiger partial charge in [0.1, 0.15) is 0 Å². The van der Waals surface area contributed by atoms with Gasteiger partial charge < -0.3 is 0 Å². The van der Waals surface area contributed by atoms with Crippen LogP contribution in [0.3, 0.4) is 0 Å². The summed E-state index contributed by atoms with van der Waals surface area (Å²) >= 11 is 11.9. The summed E-state index contributed by atoms with van der Waals surface area (Å²) in [4.78, 5) is 12.9. The number of carbonyl (C=O) groups excluding carboxylic acids is 1. The highest BCUT2D eigenvalue weighted by molar-refractivity contribution is 14.1. The van der Waals surface area contributed by atoms with Crippen molar-refractivity contribution in [2.24, 2.45) is 0 Å². The summed E-state index contributed by atoms with van der Waals surface area (Å²) in [6.45, 7) is 0. The van der Waals surface area contributed by atoms with Gasteiger partial charge in [-0.05, 0) is 58.3 Å². The van der Waals surface area contributed by atoms with E-state index in [-0.39, 0.29) is 5.78 Å². The van der Waals surface area contributed by atoms with Crippen molar-refractivity contribution in [2.45, 2.75) is 0 Å². The molecule has 0 aliphatic rings. The van der Waals surface area contributed by atoms with Crippen LogP contribution < -0.4 is 0 Å². The molecule has 0 saturated heterocycles. The van der Waals surface area contributed by atoms with E-state index in [0.717, 1.165) is 18.8 Å². The minimum Gasteiger partial charge on any atom is -0.289 e. The molecule has 0 radical (unpaired) electrons. The molecule has 0 aromatic heterocycles. The lowest BCUT2D eigenvalue weighted by atomic mass is 9.97. The Balaban J connectivity index is 2.23. The van der Waals surface area contributed by atoms with Crippen LogP contribution in [0.4, 0.5) is 0 Å². The van der Waals surface area contributed by atoms with Crippen LogP contribution in [-0.4, -0.2) is 5.78 Å². The predicted molar refractivity (Wildman–Crippen MR) is 99.2 cm³/mol. The molecule has 0 spiro atoms. The first-order chi connectivity index (χ1) is 10.1. The summed E-state index contributed by atoms with van der Waals surface area (Å²) in [7, 11) is 0. The highest BCUT2D eigenvalue weighted by atomic mass is 127. The standard InChI is InChI=1S/C17H9BrClIO/c18-15-7-5-10(20)9-14(15)17(21)13-6-8-16(19)12-4-2-1-3-11(12)13/h1-9H. The average molecular weight is 472 g/mol. The first-order valence-corrected chi connectivity index (χ1v) is 8.50. The van der Waals surface area contributed by atoms with E-state index in [4.69, 9.17) is 11.6 Å². The minimum atomic E-state index is -0.00624. The zero-order valence-electron chi connectivity index (χ0n) is 10.7. The molecular formula is C17H9BrClIO. The van der Waals surface area contributed by atoms with Gasteiger partial charge in [0.05, 0.1) is 0 Å². The zero-order chi connectivity index (χ0) is 15.0. The lowest BCUT2D eigenvalue weighted by molar-refractivity contribution is 0.103. The highest BCUT2D eigenvalue weighted by Gasteiger charge is 2.16. The largest absolute Gasteiger partial charge is 0.289 e. The molecule has 1 nitrogen and oxygen atoms in total. The van der Waals surface area contributed by atoms with E-state index < -0.39 is 0 Å². The Morgan fingerprint density at radius 1 is 0.952 bits per heavy atom. The fourth-order valence-electron chi connectivity index (χ4n) is 2.28. The van der Waals surface area contributed by atoms with Crippen molar-refractivity contribution in [2.75, 3.05) is 0 Å². The Kier molecular flexibility index (Phi) is 4.33. The van der Waals surface area contributed by atoms with Crippen molar-refractivity contribution in [3.05, 3.63) is 78.8 Å². The Morgan fingerprint density at radius 3 is 2.43 bits per heavy atom. The van der Waals surface area contributed by atoms with E-state index in [1.165, 1.54) is 0 Å². The van der Waals surface area contributed by atoms with Crippen LogP contribution in [0, 0.1) is 3.57 Å². The summed E-state index contributed by atoms with van der Waals surface area (Å²) in [6.07, 6.45) is 0. The van der Waals surface area contributed by atoms with E-state index in [0.29, 0.717) is 16.1 Å². The molecule has 0 heterocycles. The summed E-state index contributed by atoms with van der Waals surface area (Å²) < 4.78 is 1.82. The molecule has 0 N–H and O–H groups in total. The fraction of sp³-hybridized carbons (Fsp3) is 0. The monoisotopic (exact) mass is 470 g/mol. The molecular weight excluding hydrogens is 462 g/mol. The molecule has 0 fully saturated rings. The SMILES string of the molecule is O=C(c1cc(I)ccc1Br)c1ccc(Cl)c2ccccc12. The van der Waals surface area contributed by atoms with Crippen LogP contribution in [-0.2, 0) is 0 Å². The summed E-state index contributed by atoms with van der Waals surface area (Å²) in [5, 5.41) is 2.43. The quantitative estimate of drug-likeness (QED) is 0.327. The van der Waals surface area contributed by atoms with E-state index in [2.05, 4.69) is 38.5 Å². The molecule has 0 aliphatic heterocycles. The molecule has 3 aromatic rings. The van der Waals surface area contributed by atoms with Gasteiger partial charge in [-0.3, -0.25) is 4.79 Å². The van der Waals surface area contributed by atoms with Gasteiger partial charge in [0.25, 0.3) is 0 Å². The van der Waals surface area contributed by atoms with Crippen molar-refractivity contribution in [3.63, 3.8) is 0 Å². The number of hydrogen-bond acceptors (Lipinski definition) is 1. The number of fused-ring (bicyclic) bond motifs is 1. The second-order valence-electron chi connectivity index (χ2n) is 4.59. The van der Waals surface area contributed by atoms with Gasteiger partial charge in [-0.25, -0.2) is 0 Å². The zero-order valence-corrected chi connectivity index (χ0v) is 15.2. The summed E-state index contributed by atoms with van der Waals surface area (Å²) in [5.41, 5.74) is 1.33. The molecule has 4 heteroatoms. The molecule has 3 aromatic carbocycles. The average Bonchev–Trinajstić information content (AvgIpc) is 2.50. The Labute approximate surface area is 149 Å². The molecule has 0 aliphatic carbocycles. The van der Waals surface area contributed by atoms with Crippen molar-refractivity contribution < 1.29 is 4.79 Å². The third-order valence-corrected chi connectivity index (χ3v) is 4.98. The van der Waals surface area contributed by atoms with Crippen LogP contribution in [0.1, 0.15) is 15.9 Å². The minimum absolute atomic E-state index is 0.00624. The molecule has 0 saturated carbocycles. The third-order valence-electron chi connectivity index (χ3n) is 3.29. The lowest BCUT2D eigenvalue weighted by Crippen LogP contribution is -2.04. The Bertz CT molecular complexity index is 861. The predicted octanol–water partition coefficient (Wildman–Crippen LogP) is 6.09. The molecule has 3 rings (SSSR count).